The van der Waals surface area contributed by atoms with Crippen molar-refractivity contribution in [1.82, 2.24) is 8.87 Å². The number of carbonyl (C=O) groups excluding carboxylic acids is 1. The van der Waals surface area contributed by atoms with E-state index in [2.05, 4.69) is 4.74 Å². The first kappa shape index (κ1) is 22.8. The van der Waals surface area contributed by atoms with E-state index in [1.165, 1.54) is 40.3 Å². The Kier molecular flexibility index (Phi) is 6.96. The predicted molar refractivity (Wildman–Crippen MR) is 97.8 cm³/mol. The highest BCUT2D eigenvalue weighted by atomic mass is 32.2. The summed E-state index contributed by atoms with van der Waals surface area (Å²) in [5, 5.41) is 0. The monoisotopic (exact) mass is 434 g/mol. The lowest BCUT2D eigenvalue weighted by molar-refractivity contribution is -0.274. The molecule has 0 saturated carbocycles. The van der Waals surface area contributed by atoms with Crippen LogP contribution in [0.25, 0.3) is 0 Å². The Labute approximate surface area is 166 Å². The van der Waals surface area contributed by atoms with Gasteiger partial charge in [0.25, 0.3) is 0 Å². The number of aromatic nitrogens is 1. The fourth-order valence-electron chi connectivity index (χ4n) is 2.60. The Bertz CT molecular complexity index is 949. The van der Waals surface area contributed by atoms with Crippen LogP contribution in [0.4, 0.5) is 13.2 Å². The van der Waals surface area contributed by atoms with Crippen LogP contribution in [0.2, 0.25) is 0 Å². The van der Waals surface area contributed by atoms with Gasteiger partial charge in [-0.1, -0.05) is 26.0 Å². The summed E-state index contributed by atoms with van der Waals surface area (Å²) in [5.74, 6) is -1.15. The molecule has 0 atom stereocenters. The van der Waals surface area contributed by atoms with Crippen LogP contribution in [0.15, 0.2) is 41.4 Å². The van der Waals surface area contributed by atoms with Gasteiger partial charge in [-0.3, -0.25) is 0 Å². The minimum atomic E-state index is -4.79. The Hall–Kier alpha value is -2.53. The van der Waals surface area contributed by atoms with E-state index in [1.807, 2.05) is 0 Å². The van der Waals surface area contributed by atoms with E-state index in [0.29, 0.717) is 18.7 Å². The fraction of sp³-hybridized carbons (Fsp3) is 0.389. The van der Waals surface area contributed by atoms with Gasteiger partial charge in [0.15, 0.2) is 0 Å². The molecule has 7 nitrogen and oxygen atoms in total. The third-order valence-corrected chi connectivity index (χ3v) is 6.07. The second-order valence-corrected chi connectivity index (χ2v) is 7.97. The van der Waals surface area contributed by atoms with Crippen molar-refractivity contribution in [3.05, 3.63) is 47.8 Å². The van der Waals surface area contributed by atoms with E-state index in [-0.39, 0.29) is 22.9 Å². The second kappa shape index (κ2) is 8.87. The van der Waals surface area contributed by atoms with Crippen molar-refractivity contribution >= 4 is 16.0 Å². The van der Waals surface area contributed by atoms with E-state index >= 15 is 0 Å². The molecular formula is C18H21F3N2O5S. The Morgan fingerprint density at radius 3 is 2.24 bits per heavy atom. The molecule has 0 aliphatic carbocycles. The maximum absolute atomic E-state index is 12.6. The van der Waals surface area contributed by atoms with Gasteiger partial charge in [-0.05, 0) is 23.8 Å². The average Bonchev–Trinajstić information content (AvgIpc) is 3.03. The summed E-state index contributed by atoms with van der Waals surface area (Å²) < 4.78 is 73.1. The molecule has 0 unspecified atom stereocenters. The van der Waals surface area contributed by atoms with Gasteiger partial charge in [-0.25, -0.2) is 13.2 Å². The highest BCUT2D eigenvalue weighted by Gasteiger charge is 2.31. The van der Waals surface area contributed by atoms with Crippen LogP contribution in [-0.2, 0) is 28.4 Å². The molecule has 0 amide bonds. The van der Waals surface area contributed by atoms with Crippen LogP contribution in [0.3, 0.4) is 0 Å². The third-order valence-electron chi connectivity index (χ3n) is 4.06. The zero-order valence-corrected chi connectivity index (χ0v) is 16.9. The van der Waals surface area contributed by atoms with Gasteiger partial charge in [0, 0.05) is 26.3 Å². The summed E-state index contributed by atoms with van der Waals surface area (Å²) in [6, 6.07) is 6.10. The van der Waals surface area contributed by atoms with E-state index in [9.17, 15) is 26.4 Å². The number of halogens is 3. The zero-order valence-electron chi connectivity index (χ0n) is 16.1. The van der Waals surface area contributed by atoms with Gasteiger partial charge < -0.3 is 14.0 Å². The lowest BCUT2D eigenvalue weighted by Crippen LogP contribution is -2.30. The molecule has 0 bridgehead atoms. The number of esters is 1. The number of nitrogens with zero attached hydrogens (tertiary/aromatic N) is 2. The first-order valence-corrected chi connectivity index (χ1v) is 10.1. The molecule has 0 spiro atoms. The number of sulfonamides is 1. The first-order valence-electron chi connectivity index (χ1n) is 8.66. The Morgan fingerprint density at radius 1 is 1.14 bits per heavy atom. The average molecular weight is 434 g/mol. The van der Waals surface area contributed by atoms with Crippen molar-refractivity contribution in [3.8, 4) is 5.75 Å². The molecule has 0 radical (unpaired) electrons. The quantitative estimate of drug-likeness (QED) is 0.596. The van der Waals surface area contributed by atoms with E-state index in [4.69, 9.17) is 4.74 Å². The van der Waals surface area contributed by atoms with Crippen molar-refractivity contribution < 1.29 is 35.9 Å². The van der Waals surface area contributed by atoms with Gasteiger partial charge in [0.05, 0.1) is 0 Å². The van der Waals surface area contributed by atoms with Gasteiger partial charge in [-0.2, -0.15) is 4.31 Å². The molecule has 1 heterocycles. The van der Waals surface area contributed by atoms with Crippen molar-refractivity contribution in [3.63, 3.8) is 0 Å². The Morgan fingerprint density at radius 2 is 1.72 bits per heavy atom. The van der Waals surface area contributed by atoms with Gasteiger partial charge in [0.1, 0.15) is 22.9 Å². The molecule has 2 aromatic rings. The van der Waals surface area contributed by atoms with Crippen molar-refractivity contribution in [2.24, 2.45) is 7.05 Å². The SMILES string of the molecule is CCN(CC)S(=O)(=O)c1cc(C(=O)OCc2ccc(OC(F)(F)F)cc2)n(C)c1. The standard InChI is InChI=1S/C18H21F3N2O5S/c1-4-23(5-2)29(25,26)15-10-16(22(3)11-15)17(24)27-12-13-6-8-14(9-7-13)28-18(19,20)21/h6-11H,4-5,12H2,1-3H3. The maximum atomic E-state index is 12.6. The van der Waals surface area contributed by atoms with Crippen molar-refractivity contribution in [1.29, 1.82) is 0 Å². The predicted octanol–water partition coefficient (Wildman–Crippen LogP) is 3.31. The second-order valence-electron chi connectivity index (χ2n) is 6.03. The summed E-state index contributed by atoms with van der Waals surface area (Å²) in [6.45, 7) is 3.81. The number of ether oxygens (including phenoxy) is 2. The summed E-state index contributed by atoms with van der Waals surface area (Å²) in [7, 11) is -2.21. The van der Waals surface area contributed by atoms with Crippen LogP contribution in [-0.4, -0.2) is 42.7 Å². The van der Waals surface area contributed by atoms with Crippen LogP contribution < -0.4 is 4.74 Å². The minimum absolute atomic E-state index is 0.0238. The number of hydrogen-bond donors (Lipinski definition) is 0. The molecule has 0 N–H and O–H groups in total. The van der Waals surface area contributed by atoms with Crippen LogP contribution >= 0.6 is 0 Å². The zero-order chi connectivity index (χ0) is 21.8. The van der Waals surface area contributed by atoms with Crippen molar-refractivity contribution in [2.75, 3.05) is 13.1 Å². The highest BCUT2D eigenvalue weighted by molar-refractivity contribution is 7.89. The van der Waals surface area contributed by atoms with E-state index in [0.717, 1.165) is 12.1 Å². The minimum Gasteiger partial charge on any atom is -0.456 e. The smallest absolute Gasteiger partial charge is 0.456 e. The summed E-state index contributed by atoms with van der Waals surface area (Å²) in [6.07, 6.45) is -3.46. The third kappa shape index (κ3) is 5.73. The van der Waals surface area contributed by atoms with Crippen LogP contribution in [0.1, 0.15) is 29.9 Å². The Balaban J connectivity index is 2.07. The van der Waals surface area contributed by atoms with Gasteiger partial charge >= 0.3 is 12.3 Å². The fourth-order valence-corrected chi connectivity index (χ4v) is 4.13. The number of benzene rings is 1. The lowest BCUT2D eigenvalue weighted by Gasteiger charge is -2.17. The lowest BCUT2D eigenvalue weighted by atomic mass is 10.2. The molecule has 29 heavy (non-hydrogen) atoms. The maximum Gasteiger partial charge on any atom is 0.573 e. The molecule has 160 valence electrons. The highest BCUT2D eigenvalue weighted by Crippen LogP contribution is 2.23. The van der Waals surface area contributed by atoms with Gasteiger partial charge in [-0.15, -0.1) is 13.2 Å². The molecule has 1 aromatic heterocycles. The molecule has 1 aromatic carbocycles. The summed E-state index contributed by atoms with van der Waals surface area (Å²) >= 11 is 0. The van der Waals surface area contributed by atoms with E-state index in [1.54, 1.807) is 13.8 Å². The molecule has 11 heteroatoms. The molecule has 0 saturated heterocycles. The normalized spacial score (nSPS) is 12.2. The molecule has 0 fully saturated rings. The molecule has 2 rings (SSSR count). The molecule has 0 aliphatic rings. The topological polar surface area (TPSA) is 77.8 Å². The summed E-state index contributed by atoms with van der Waals surface area (Å²) in [4.78, 5) is 12.3. The van der Waals surface area contributed by atoms with E-state index < -0.39 is 22.4 Å². The number of aryl methyl sites for hydroxylation is 1. The number of hydrogen-bond acceptors (Lipinski definition) is 5. The van der Waals surface area contributed by atoms with Crippen molar-refractivity contribution in [2.45, 2.75) is 31.7 Å². The number of carbonyl (C=O) groups is 1. The van der Waals surface area contributed by atoms with Crippen LogP contribution in [0.5, 0.6) is 5.75 Å². The number of rotatable bonds is 8. The number of alkyl halides is 3. The molecule has 0 aliphatic heterocycles. The summed E-state index contributed by atoms with van der Waals surface area (Å²) in [5.41, 5.74) is 0.478. The van der Waals surface area contributed by atoms with Gasteiger partial charge in [0.2, 0.25) is 10.0 Å². The van der Waals surface area contributed by atoms with Crippen LogP contribution in [0, 0.1) is 0 Å². The largest absolute Gasteiger partial charge is 0.573 e. The first-order chi connectivity index (χ1) is 13.5. The molecular weight excluding hydrogens is 413 g/mol.